The molecule has 0 aliphatic carbocycles. The SMILES string of the molecule is COc1ccc2nc(CN3CCC(O)(c4ccc(C)cc4)CC3)ccc2c1.O=C(O)CC(O)(CC(=O)O)C(=O)O. The van der Waals surface area contributed by atoms with Gasteiger partial charge in [-0.1, -0.05) is 35.9 Å². The zero-order chi connectivity index (χ0) is 29.5. The van der Waals surface area contributed by atoms with Crippen LogP contribution in [-0.2, 0) is 26.5 Å². The van der Waals surface area contributed by atoms with Gasteiger partial charge in [0.15, 0.2) is 5.60 Å². The Morgan fingerprint density at radius 3 is 2.08 bits per heavy atom. The number of benzene rings is 2. The number of carboxylic acid groups (broad SMARTS) is 3. The fraction of sp³-hybridized carbons (Fsp3) is 0.379. The molecule has 4 rings (SSSR count). The summed E-state index contributed by atoms with van der Waals surface area (Å²) < 4.78 is 5.28. The van der Waals surface area contributed by atoms with Crippen LogP contribution in [0.25, 0.3) is 10.9 Å². The number of nitrogens with zero attached hydrogens (tertiary/aromatic N) is 2. The second kappa shape index (κ2) is 12.9. The highest BCUT2D eigenvalue weighted by molar-refractivity contribution is 5.88. The molecule has 0 radical (unpaired) electrons. The number of methoxy groups -OCH3 is 1. The van der Waals surface area contributed by atoms with Crippen molar-refractivity contribution in [2.45, 2.75) is 50.4 Å². The molecule has 1 saturated heterocycles. The third kappa shape index (κ3) is 7.98. The number of pyridine rings is 1. The summed E-state index contributed by atoms with van der Waals surface area (Å²) in [7, 11) is 1.68. The Kier molecular flexibility index (Phi) is 9.80. The summed E-state index contributed by atoms with van der Waals surface area (Å²) in [5.41, 5.74) is 0.857. The molecular weight excluding hydrogens is 520 g/mol. The van der Waals surface area contributed by atoms with Crippen LogP contribution in [0.15, 0.2) is 54.6 Å². The van der Waals surface area contributed by atoms with Gasteiger partial charge in [-0.2, -0.15) is 0 Å². The topological polar surface area (TPSA) is 178 Å². The van der Waals surface area contributed by atoms with E-state index in [0.29, 0.717) is 0 Å². The normalized spacial score (nSPS) is 15.1. The van der Waals surface area contributed by atoms with E-state index in [0.717, 1.165) is 60.4 Å². The quantitative estimate of drug-likeness (QED) is 0.263. The number of aliphatic hydroxyl groups is 2. The summed E-state index contributed by atoms with van der Waals surface area (Å²) in [5, 5.41) is 46.0. The lowest BCUT2D eigenvalue weighted by atomic mass is 9.84. The number of piperidine rings is 1. The van der Waals surface area contributed by atoms with E-state index in [2.05, 4.69) is 48.2 Å². The Labute approximate surface area is 231 Å². The fourth-order valence-corrected chi connectivity index (χ4v) is 4.54. The highest BCUT2D eigenvalue weighted by atomic mass is 16.5. The molecule has 0 unspecified atom stereocenters. The number of aromatic nitrogens is 1. The van der Waals surface area contributed by atoms with E-state index in [1.807, 2.05) is 18.2 Å². The van der Waals surface area contributed by atoms with E-state index in [-0.39, 0.29) is 0 Å². The first-order valence-electron chi connectivity index (χ1n) is 12.7. The molecule has 40 heavy (non-hydrogen) atoms. The molecule has 1 aliphatic rings. The summed E-state index contributed by atoms with van der Waals surface area (Å²) >= 11 is 0. The molecule has 0 atom stereocenters. The zero-order valence-electron chi connectivity index (χ0n) is 22.4. The molecule has 1 aliphatic heterocycles. The van der Waals surface area contributed by atoms with Crippen LogP contribution in [0, 0.1) is 6.92 Å². The number of likely N-dealkylation sites (tertiary alicyclic amines) is 1. The predicted octanol–water partition coefficient (Wildman–Crippen LogP) is 2.79. The van der Waals surface area contributed by atoms with Crippen LogP contribution < -0.4 is 4.74 Å². The Hall–Kier alpha value is -4.06. The minimum absolute atomic E-state index is 0.711. The monoisotopic (exact) mass is 554 g/mol. The maximum absolute atomic E-state index is 11.1. The minimum atomic E-state index is -2.74. The number of aliphatic carboxylic acids is 3. The molecule has 0 spiro atoms. The van der Waals surface area contributed by atoms with Gasteiger partial charge >= 0.3 is 17.9 Å². The first kappa shape index (κ1) is 30.5. The molecule has 0 saturated carbocycles. The zero-order valence-corrected chi connectivity index (χ0v) is 22.4. The van der Waals surface area contributed by atoms with Gasteiger partial charge in [-0.05, 0) is 49.6 Å². The van der Waals surface area contributed by atoms with Crippen LogP contribution in [0.5, 0.6) is 5.75 Å². The number of aryl methyl sites for hydroxylation is 1. The van der Waals surface area contributed by atoms with Crippen LogP contribution in [0.2, 0.25) is 0 Å². The van der Waals surface area contributed by atoms with Crippen LogP contribution >= 0.6 is 0 Å². The molecule has 1 aromatic heterocycles. The van der Waals surface area contributed by atoms with Crippen molar-refractivity contribution in [3.63, 3.8) is 0 Å². The molecule has 11 nitrogen and oxygen atoms in total. The Balaban J connectivity index is 0.000000289. The van der Waals surface area contributed by atoms with E-state index < -0.39 is 42.0 Å². The van der Waals surface area contributed by atoms with Gasteiger partial charge in [-0.3, -0.25) is 19.5 Å². The number of carbonyl (C=O) groups is 3. The Morgan fingerprint density at radius 2 is 1.55 bits per heavy atom. The Morgan fingerprint density at radius 1 is 0.950 bits per heavy atom. The second-order valence-corrected chi connectivity index (χ2v) is 10.0. The lowest BCUT2D eigenvalue weighted by molar-refractivity contribution is -0.170. The van der Waals surface area contributed by atoms with Crippen LogP contribution in [0.1, 0.15) is 42.5 Å². The van der Waals surface area contributed by atoms with Crippen molar-refractivity contribution >= 4 is 28.8 Å². The second-order valence-electron chi connectivity index (χ2n) is 10.0. The maximum atomic E-state index is 11.1. The van der Waals surface area contributed by atoms with Crippen molar-refractivity contribution in [2.75, 3.05) is 20.2 Å². The molecule has 2 aromatic carbocycles. The molecule has 5 N–H and O–H groups in total. The third-order valence-corrected chi connectivity index (χ3v) is 6.90. The number of rotatable bonds is 9. The summed E-state index contributed by atoms with van der Waals surface area (Å²) in [5.74, 6) is -4.17. The van der Waals surface area contributed by atoms with Crippen molar-refractivity contribution < 1.29 is 44.7 Å². The molecule has 1 fully saturated rings. The number of carboxylic acids is 3. The van der Waals surface area contributed by atoms with E-state index in [4.69, 9.17) is 30.1 Å². The van der Waals surface area contributed by atoms with Gasteiger partial charge in [0.25, 0.3) is 0 Å². The predicted molar refractivity (Wildman–Crippen MR) is 145 cm³/mol. The summed E-state index contributed by atoms with van der Waals surface area (Å²) in [6.07, 6.45) is -0.787. The first-order chi connectivity index (χ1) is 18.8. The lowest BCUT2D eigenvalue weighted by Gasteiger charge is -2.38. The van der Waals surface area contributed by atoms with E-state index in [9.17, 15) is 19.5 Å². The van der Waals surface area contributed by atoms with Crippen molar-refractivity contribution in [1.82, 2.24) is 9.88 Å². The van der Waals surface area contributed by atoms with Crippen molar-refractivity contribution in [3.05, 3.63) is 71.4 Å². The maximum Gasteiger partial charge on any atom is 0.336 e. The van der Waals surface area contributed by atoms with Crippen LogP contribution in [0.4, 0.5) is 0 Å². The van der Waals surface area contributed by atoms with Crippen molar-refractivity contribution in [3.8, 4) is 5.75 Å². The van der Waals surface area contributed by atoms with E-state index >= 15 is 0 Å². The number of ether oxygens (including phenoxy) is 1. The highest BCUT2D eigenvalue weighted by Gasteiger charge is 2.40. The minimum Gasteiger partial charge on any atom is -0.497 e. The van der Waals surface area contributed by atoms with Gasteiger partial charge in [0.05, 0.1) is 36.8 Å². The standard InChI is InChI=1S/C23H26N2O2.C6H8O7/c1-17-3-6-19(7-4-17)23(26)11-13-25(14-12-23)16-20-8-5-18-15-21(27-2)9-10-22(18)24-20;7-3(8)1-6(13,5(11)12)2-4(9)10/h3-10,15,26H,11-14,16H2,1-2H3;13H,1-2H2,(H,7,8)(H,9,10)(H,11,12). The van der Waals surface area contributed by atoms with E-state index in [1.165, 1.54) is 5.56 Å². The van der Waals surface area contributed by atoms with Gasteiger partial charge in [-0.15, -0.1) is 0 Å². The molecule has 214 valence electrons. The largest absolute Gasteiger partial charge is 0.497 e. The average Bonchev–Trinajstić information content (AvgIpc) is 2.89. The Bertz CT molecular complexity index is 1330. The summed E-state index contributed by atoms with van der Waals surface area (Å²) in [6, 6.07) is 18.4. The molecule has 3 aromatic rings. The number of hydrogen-bond acceptors (Lipinski definition) is 8. The molecule has 0 amide bonds. The van der Waals surface area contributed by atoms with Crippen LogP contribution in [-0.4, -0.2) is 79.1 Å². The van der Waals surface area contributed by atoms with Crippen LogP contribution in [0.3, 0.4) is 0 Å². The highest BCUT2D eigenvalue weighted by Crippen LogP contribution is 2.33. The van der Waals surface area contributed by atoms with Gasteiger partial charge < -0.3 is 30.3 Å². The smallest absolute Gasteiger partial charge is 0.336 e. The van der Waals surface area contributed by atoms with Crippen molar-refractivity contribution in [1.29, 1.82) is 0 Å². The summed E-state index contributed by atoms with van der Waals surface area (Å²) in [6.45, 7) is 4.62. The fourth-order valence-electron chi connectivity index (χ4n) is 4.54. The van der Waals surface area contributed by atoms with Gasteiger partial charge in [0, 0.05) is 25.0 Å². The van der Waals surface area contributed by atoms with Gasteiger partial charge in [-0.25, -0.2) is 4.79 Å². The first-order valence-corrected chi connectivity index (χ1v) is 12.7. The third-order valence-electron chi connectivity index (χ3n) is 6.90. The molecule has 2 heterocycles. The van der Waals surface area contributed by atoms with Crippen molar-refractivity contribution in [2.24, 2.45) is 0 Å². The molecular formula is C29H34N2O9. The average molecular weight is 555 g/mol. The van der Waals surface area contributed by atoms with Gasteiger partial charge in [0.2, 0.25) is 0 Å². The summed E-state index contributed by atoms with van der Waals surface area (Å²) in [4.78, 5) is 37.6. The lowest BCUT2D eigenvalue weighted by Crippen LogP contribution is -2.42. The molecule has 0 bridgehead atoms. The molecule has 11 heteroatoms. The number of fused-ring (bicyclic) bond motifs is 1. The number of hydrogen-bond donors (Lipinski definition) is 5. The van der Waals surface area contributed by atoms with Gasteiger partial charge in [0.1, 0.15) is 5.75 Å². The van der Waals surface area contributed by atoms with E-state index in [1.54, 1.807) is 7.11 Å².